The molecule has 234 valence electrons. The molecule has 0 bridgehead atoms. The zero-order chi connectivity index (χ0) is 32.4. The number of carbonyl (C=O) groups is 4. The van der Waals surface area contributed by atoms with Gasteiger partial charge < -0.3 is 19.1 Å². The standard InChI is InChI=1S/C33H24F3N3O7/c34-23-10-8-21(14-24(23)35)45-22-9-11-26(25(36)15-22)37-33(43)44-17-19-7-6-18-16-39(27-12-13-28(40)38-31(27)41)32(42)29(18)30(19)46-20-4-2-1-3-5-20/h1-11,14-15,27H,12-13,16-17H2,(H,37,43)(H,38,40,41). The Bertz CT molecular complexity index is 1870. The van der Waals surface area contributed by atoms with Gasteiger partial charge in [-0.25, -0.2) is 18.0 Å². The topological polar surface area (TPSA) is 123 Å². The average Bonchev–Trinajstić information content (AvgIpc) is 3.36. The molecule has 0 aliphatic carbocycles. The normalized spacial score (nSPS) is 15.7. The number of nitrogens with one attached hydrogen (secondary N) is 2. The van der Waals surface area contributed by atoms with E-state index in [2.05, 4.69) is 10.6 Å². The third-order valence-corrected chi connectivity index (χ3v) is 7.35. The van der Waals surface area contributed by atoms with Gasteiger partial charge in [-0.3, -0.25) is 25.0 Å². The van der Waals surface area contributed by atoms with Crippen molar-refractivity contribution in [3.05, 3.63) is 113 Å². The molecule has 4 aromatic carbocycles. The van der Waals surface area contributed by atoms with Crippen molar-refractivity contribution in [2.24, 2.45) is 0 Å². The van der Waals surface area contributed by atoms with Crippen LogP contribution in [0.1, 0.15) is 34.3 Å². The predicted octanol–water partition coefficient (Wildman–Crippen LogP) is 6.20. The molecule has 4 amide bonds. The number of fused-ring (bicyclic) bond motifs is 1. The maximum absolute atomic E-state index is 14.8. The van der Waals surface area contributed by atoms with Gasteiger partial charge in [0.15, 0.2) is 17.5 Å². The summed E-state index contributed by atoms with van der Waals surface area (Å²) >= 11 is 0. The summed E-state index contributed by atoms with van der Waals surface area (Å²) in [6, 6.07) is 17.4. The van der Waals surface area contributed by atoms with Crippen molar-refractivity contribution in [1.82, 2.24) is 10.2 Å². The Kier molecular flexibility index (Phi) is 8.29. The lowest BCUT2D eigenvalue weighted by atomic mass is 10.0. The van der Waals surface area contributed by atoms with Crippen molar-refractivity contribution in [3.63, 3.8) is 0 Å². The number of imide groups is 1. The van der Waals surface area contributed by atoms with E-state index in [1.165, 1.54) is 23.1 Å². The fraction of sp³-hybridized carbons (Fsp3) is 0.152. The van der Waals surface area contributed by atoms with Crippen LogP contribution in [0.25, 0.3) is 0 Å². The minimum Gasteiger partial charge on any atom is -0.457 e. The van der Waals surface area contributed by atoms with Crippen molar-refractivity contribution in [1.29, 1.82) is 0 Å². The summed E-state index contributed by atoms with van der Waals surface area (Å²) in [5.74, 6) is -4.06. The van der Waals surface area contributed by atoms with E-state index in [0.717, 1.165) is 18.2 Å². The third-order valence-electron chi connectivity index (χ3n) is 7.35. The molecule has 6 rings (SSSR count). The molecular formula is C33H24F3N3O7. The fourth-order valence-electron chi connectivity index (χ4n) is 5.13. The highest BCUT2D eigenvalue weighted by Gasteiger charge is 2.41. The molecule has 4 aromatic rings. The Labute approximate surface area is 259 Å². The number of piperidine rings is 1. The van der Waals surface area contributed by atoms with Gasteiger partial charge in [-0.2, -0.15) is 0 Å². The Morgan fingerprint density at radius 1 is 0.848 bits per heavy atom. The van der Waals surface area contributed by atoms with Crippen molar-refractivity contribution < 1.29 is 46.6 Å². The van der Waals surface area contributed by atoms with Gasteiger partial charge in [0, 0.05) is 30.7 Å². The number of rotatable bonds is 8. The molecule has 10 nitrogen and oxygen atoms in total. The number of carbonyl (C=O) groups excluding carboxylic acids is 4. The van der Waals surface area contributed by atoms with E-state index in [0.29, 0.717) is 16.9 Å². The first kappa shape index (κ1) is 30.2. The minimum atomic E-state index is -1.13. The predicted molar refractivity (Wildman–Crippen MR) is 156 cm³/mol. The summed E-state index contributed by atoms with van der Waals surface area (Å²) in [5, 5.41) is 4.55. The van der Waals surface area contributed by atoms with Crippen LogP contribution in [0.3, 0.4) is 0 Å². The molecule has 2 aliphatic rings. The number of amides is 4. The Morgan fingerprint density at radius 3 is 2.30 bits per heavy atom. The number of hydrogen-bond donors (Lipinski definition) is 2. The summed E-state index contributed by atoms with van der Waals surface area (Å²) < 4.78 is 58.2. The Balaban J connectivity index is 1.18. The van der Waals surface area contributed by atoms with Gasteiger partial charge in [0.25, 0.3) is 5.91 Å². The number of anilines is 1. The van der Waals surface area contributed by atoms with E-state index in [1.54, 1.807) is 42.5 Å². The van der Waals surface area contributed by atoms with Crippen LogP contribution in [-0.4, -0.2) is 34.8 Å². The SMILES string of the molecule is O=C1CCC(N2Cc3ccc(COC(=O)Nc4ccc(Oc5ccc(F)c(F)c5)cc4F)c(Oc4ccccc4)c3C2=O)C(=O)N1. The van der Waals surface area contributed by atoms with E-state index in [9.17, 15) is 32.3 Å². The van der Waals surface area contributed by atoms with Crippen LogP contribution < -0.4 is 20.1 Å². The maximum atomic E-state index is 14.8. The lowest BCUT2D eigenvalue weighted by molar-refractivity contribution is -0.136. The van der Waals surface area contributed by atoms with Crippen LogP contribution in [0.5, 0.6) is 23.0 Å². The molecule has 2 N–H and O–H groups in total. The maximum Gasteiger partial charge on any atom is 0.412 e. The molecule has 1 saturated heterocycles. The molecular weight excluding hydrogens is 607 g/mol. The summed E-state index contributed by atoms with van der Waals surface area (Å²) in [4.78, 5) is 51.9. The molecule has 0 radical (unpaired) electrons. The summed E-state index contributed by atoms with van der Waals surface area (Å²) in [7, 11) is 0. The number of hydrogen-bond acceptors (Lipinski definition) is 7. The second kappa shape index (κ2) is 12.6. The fourth-order valence-corrected chi connectivity index (χ4v) is 5.13. The number of benzene rings is 4. The van der Waals surface area contributed by atoms with Gasteiger partial charge in [0.2, 0.25) is 11.8 Å². The van der Waals surface area contributed by atoms with Crippen LogP contribution in [0.2, 0.25) is 0 Å². The third kappa shape index (κ3) is 6.34. The van der Waals surface area contributed by atoms with Crippen LogP contribution in [0.15, 0.2) is 78.9 Å². The van der Waals surface area contributed by atoms with Crippen molar-refractivity contribution in [2.45, 2.75) is 32.0 Å². The Morgan fingerprint density at radius 2 is 1.59 bits per heavy atom. The van der Waals surface area contributed by atoms with Gasteiger partial charge in [-0.15, -0.1) is 0 Å². The van der Waals surface area contributed by atoms with Crippen molar-refractivity contribution in [2.75, 3.05) is 5.32 Å². The number of halogens is 3. The highest BCUT2D eigenvalue weighted by molar-refractivity contribution is 6.06. The van der Waals surface area contributed by atoms with Crippen LogP contribution >= 0.6 is 0 Å². The largest absolute Gasteiger partial charge is 0.457 e. The summed E-state index contributed by atoms with van der Waals surface area (Å²) in [5.41, 5.74) is 0.860. The highest BCUT2D eigenvalue weighted by Crippen LogP contribution is 2.39. The van der Waals surface area contributed by atoms with Crippen molar-refractivity contribution >= 4 is 29.5 Å². The number of nitrogens with zero attached hydrogens (tertiary/aromatic N) is 1. The second-order valence-corrected chi connectivity index (χ2v) is 10.4. The quantitative estimate of drug-likeness (QED) is 0.222. The molecule has 2 aliphatic heterocycles. The van der Waals surface area contributed by atoms with E-state index < -0.39 is 47.3 Å². The lowest BCUT2D eigenvalue weighted by Gasteiger charge is -2.29. The summed E-state index contributed by atoms with van der Waals surface area (Å²) in [6.45, 7) is -0.256. The molecule has 1 atom stereocenters. The first-order valence-electron chi connectivity index (χ1n) is 14.0. The van der Waals surface area contributed by atoms with Gasteiger partial charge in [-0.1, -0.05) is 30.3 Å². The molecule has 0 spiro atoms. The van der Waals surface area contributed by atoms with E-state index in [1.807, 2.05) is 0 Å². The summed E-state index contributed by atoms with van der Waals surface area (Å²) in [6.07, 6.45) is -0.733. The van der Waals surface area contributed by atoms with E-state index in [4.69, 9.17) is 14.2 Å². The molecule has 13 heteroatoms. The molecule has 1 fully saturated rings. The second-order valence-electron chi connectivity index (χ2n) is 10.4. The molecule has 46 heavy (non-hydrogen) atoms. The zero-order valence-corrected chi connectivity index (χ0v) is 23.9. The van der Waals surface area contributed by atoms with Crippen LogP contribution in [-0.2, 0) is 27.5 Å². The van der Waals surface area contributed by atoms with Gasteiger partial charge in [-0.05, 0) is 48.4 Å². The van der Waals surface area contributed by atoms with Gasteiger partial charge in [0.05, 0.1) is 11.3 Å². The lowest BCUT2D eigenvalue weighted by Crippen LogP contribution is -2.52. The zero-order valence-electron chi connectivity index (χ0n) is 23.9. The molecule has 1 unspecified atom stereocenters. The molecule has 2 heterocycles. The average molecular weight is 632 g/mol. The van der Waals surface area contributed by atoms with E-state index in [-0.39, 0.29) is 54.5 Å². The molecule has 0 aromatic heterocycles. The van der Waals surface area contributed by atoms with Gasteiger partial charge >= 0.3 is 6.09 Å². The van der Waals surface area contributed by atoms with Gasteiger partial charge in [0.1, 0.15) is 35.6 Å². The first-order chi connectivity index (χ1) is 22.2. The van der Waals surface area contributed by atoms with Crippen LogP contribution in [0, 0.1) is 17.5 Å². The minimum absolute atomic E-state index is 0.0284. The van der Waals surface area contributed by atoms with E-state index >= 15 is 0 Å². The number of para-hydroxylation sites is 1. The first-order valence-corrected chi connectivity index (χ1v) is 14.0. The smallest absolute Gasteiger partial charge is 0.412 e. The van der Waals surface area contributed by atoms with Crippen molar-refractivity contribution in [3.8, 4) is 23.0 Å². The monoisotopic (exact) mass is 631 g/mol. The highest BCUT2D eigenvalue weighted by atomic mass is 19.2. The molecule has 0 saturated carbocycles. The Hall–Kier alpha value is -5.85. The van der Waals surface area contributed by atoms with Crippen LogP contribution in [0.4, 0.5) is 23.7 Å². The number of ether oxygens (including phenoxy) is 3.